The van der Waals surface area contributed by atoms with E-state index in [1.54, 1.807) is 0 Å². The molecular weight excluding hydrogens is 174 g/mol. The van der Waals surface area contributed by atoms with Crippen molar-refractivity contribution < 1.29 is 19.9 Å². The van der Waals surface area contributed by atoms with E-state index in [1.807, 2.05) is 13.8 Å². The number of carboxylic acid groups (broad SMARTS) is 1. The Labute approximate surface area is 76.9 Å². The van der Waals surface area contributed by atoms with Crippen LogP contribution in [0.15, 0.2) is 0 Å². The first-order chi connectivity index (χ1) is 5.86. The Morgan fingerprint density at radius 3 is 2.08 bits per heavy atom. The zero-order valence-electron chi connectivity index (χ0n) is 8.02. The highest BCUT2D eigenvalue weighted by atomic mass is 16.5. The van der Waals surface area contributed by atoms with Crippen molar-refractivity contribution in [2.75, 3.05) is 0 Å². The molecule has 0 rings (SSSR count). The van der Waals surface area contributed by atoms with Crippen LogP contribution in [0.2, 0.25) is 0 Å². The highest BCUT2D eigenvalue weighted by Gasteiger charge is 2.27. The van der Waals surface area contributed by atoms with Gasteiger partial charge in [0.25, 0.3) is 0 Å². The van der Waals surface area contributed by atoms with Crippen molar-refractivity contribution in [3.05, 3.63) is 0 Å². The molecule has 1 amide bonds. The lowest BCUT2D eigenvalue weighted by Crippen LogP contribution is -2.42. The Morgan fingerprint density at radius 1 is 1.38 bits per heavy atom. The summed E-state index contributed by atoms with van der Waals surface area (Å²) in [6.45, 7) is 4.77. The van der Waals surface area contributed by atoms with Crippen molar-refractivity contribution in [2.24, 2.45) is 5.92 Å². The maximum atomic E-state index is 10.7. The highest BCUT2D eigenvalue weighted by Crippen LogP contribution is 2.10. The Kier molecular flexibility index (Phi) is 4.40. The summed E-state index contributed by atoms with van der Waals surface area (Å²) in [5.74, 6) is -1.74. The molecule has 0 bridgehead atoms. The van der Waals surface area contributed by atoms with Crippen molar-refractivity contribution in [1.29, 1.82) is 0 Å². The van der Waals surface area contributed by atoms with E-state index in [-0.39, 0.29) is 17.4 Å². The molecule has 0 aliphatic carbocycles. The second-order valence-corrected chi connectivity index (χ2v) is 3.35. The topological polar surface area (TPSA) is 77.8 Å². The number of nitrogens with zero attached hydrogens (tertiary/aromatic N) is 1. The third kappa shape index (κ3) is 3.89. The molecule has 0 fully saturated rings. The highest BCUT2D eigenvalue weighted by molar-refractivity contribution is 5.81. The van der Waals surface area contributed by atoms with Crippen LogP contribution in [0.3, 0.4) is 0 Å². The van der Waals surface area contributed by atoms with Gasteiger partial charge in [0.1, 0.15) is 0 Å². The molecule has 76 valence electrons. The van der Waals surface area contributed by atoms with E-state index < -0.39 is 17.9 Å². The Morgan fingerprint density at radius 2 is 1.85 bits per heavy atom. The van der Waals surface area contributed by atoms with Crippen LogP contribution in [0.25, 0.3) is 0 Å². The van der Waals surface area contributed by atoms with Crippen LogP contribution in [-0.2, 0) is 9.59 Å². The minimum absolute atomic E-state index is 0.107. The molecule has 0 saturated heterocycles. The normalized spacial score (nSPS) is 12.7. The fourth-order valence-corrected chi connectivity index (χ4v) is 0.971. The predicted molar refractivity (Wildman–Crippen MR) is 45.2 cm³/mol. The van der Waals surface area contributed by atoms with E-state index in [1.165, 1.54) is 0 Å². The largest absolute Gasteiger partial charge is 0.480 e. The van der Waals surface area contributed by atoms with Gasteiger partial charge in [-0.1, -0.05) is 13.8 Å². The minimum atomic E-state index is -1.19. The van der Waals surface area contributed by atoms with Crippen LogP contribution in [0.5, 0.6) is 0 Å². The fraction of sp³-hybridized carbons (Fsp3) is 0.750. The number of aliphatic carboxylic acids is 1. The van der Waals surface area contributed by atoms with Crippen LogP contribution in [-0.4, -0.2) is 33.3 Å². The Hall–Kier alpha value is -1.10. The van der Waals surface area contributed by atoms with Crippen LogP contribution in [0, 0.1) is 5.92 Å². The molecule has 0 aliphatic heterocycles. The number of amides is 1. The molecule has 0 aromatic rings. The van der Waals surface area contributed by atoms with Crippen LogP contribution < -0.4 is 0 Å². The molecule has 0 spiro atoms. The van der Waals surface area contributed by atoms with Gasteiger partial charge in [-0.15, -0.1) is 0 Å². The summed E-state index contributed by atoms with van der Waals surface area (Å²) in [7, 11) is 0. The molecular formula is C8H15NO4. The molecule has 13 heavy (non-hydrogen) atoms. The molecule has 2 N–H and O–H groups in total. The van der Waals surface area contributed by atoms with Gasteiger partial charge < -0.3 is 5.11 Å². The van der Waals surface area contributed by atoms with Crippen LogP contribution in [0.1, 0.15) is 27.2 Å². The summed E-state index contributed by atoms with van der Waals surface area (Å²) in [6.07, 6.45) is 0.241. The summed E-state index contributed by atoms with van der Waals surface area (Å²) >= 11 is 0. The van der Waals surface area contributed by atoms with Crippen molar-refractivity contribution in [1.82, 2.24) is 5.06 Å². The van der Waals surface area contributed by atoms with Gasteiger partial charge in [0.2, 0.25) is 5.91 Å². The number of carboxylic acids is 1. The van der Waals surface area contributed by atoms with Gasteiger partial charge in [0.15, 0.2) is 6.04 Å². The standard InChI is InChI=1S/C8H15NO4/c1-5(2)4-7(8(11)12)9(13)6(3)10/h5,7,13H,4H2,1-3H3,(H,11,12). The lowest BCUT2D eigenvalue weighted by atomic mass is 10.0. The van der Waals surface area contributed by atoms with Crippen molar-refractivity contribution in [3.8, 4) is 0 Å². The van der Waals surface area contributed by atoms with Gasteiger partial charge in [-0.05, 0) is 12.3 Å². The summed E-state index contributed by atoms with van der Waals surface area (Å²) in [4.78, 5) is 21.3. The van der Waals surface area contributed by atoms with Gasteiger partial charge in [-0.2, -0.15) is 0 Å². The summed E-state index contributed by atoms with van der Waals surface area (Å²) in [5, 5.41) is 18.1. The van der Waals surface area contributed by atoms with E-state index in [2.05, 4.69) is 0 Å². The van der Waals surface area contributed by atoms with Gasteiger partial charge in [-0.3, -0.25) is 10.0 Å². The van der Waals surface area contributed by atoms with Crippen molar-refractivity contribution in [3.63, 3.8) is 0 Å². The number of hydroxylamine groups is 2. The van der Waals surface area contributed by atoms with E-state index in [0.29, 0.717) is 0 Å². The first kappa shape index (κ1) is 11.9. The summed E-state index contributed by atoms with van der Waals surface area (Å²) < 4.78 is 0. The molecule has 0 aliphatic rings. The number of rotatable bonds is 4. The predicted octanol–water partition coefficient (Wildman–Crippen LogP) is 0.723. The Bertz CT molecular complexity index is 202. The number of carbonyl (C=O) groups is 2. The number of carbonyl (C=O) groups excluding carboxylic acids is 1. The lowest BCUT2D eigenvalue weighted by Gasteiger charge is -2.22. The molecule has 1 atom stereocenters. The first-order valence-corrected chi connectivity index (χ1v) is 4.07. The quantitative estimate of drug-likeness (QED) is 0.504. The molecule has 5 nitrogen and oxygen atoms in total. The third-order valence-electron chi connectivity index (χ3n) is 1.60. The molecule has 5 heteroatoms. The van der Waals surface area contributed by atoms with Crippen molar-refractivity contribution in [2.45, 2.75) is 33.2 Å². The fourth-order valence-electron chi connectivity index (χ4n) is 0.971. The second kappa shape index (κ2) is 4.81. The average Bonchev–Trinajstić information content (AvgIpc) is 1.97. The van der Waals surface area contributed by atoms with E-state index in [9.17, 15) is 9.59 Å². The number of hydrogen-bond acceptors (Lipinski definition) is 3. The van der Waals surface area contributed by atoms with Gasteiger partial charge in [0, 0.05) is 6.92 Å². The molecule has 0 radical (unpaired) electrons. The van der Waals surface area contributed by atoms with E-state index in [0.717, 1.165) is 6.92 Å². The van der Waals surface area contributed by atoms with Gasteiger partial charge in [0.05, 0.1) is 0 Å². The molecule has 0 saturated carbocycles. The SMILES string of the molecule is CC(=O)N(O)C(CC(C)C)C(=O)O. The molecule has 0 aromatic carbocycles. The second-order valence-electron chi connectivity index (χ2n) is 3.35. The average molecular weight is 189 g/mol. The maximum Gasteiger partial charge on any atom is 0.329 e. The van der Waals surface area contributed by atoms with Gasteiger partial charge in [-0.25, -0.2) is 9.86 Å². The Balaban J connectivity index is 4.42. The zero-order chi connectivity index (χ0) is 10.6. The van der Waals surface area contributed by atoms with Crippen molar-refractivity contribution >= 4 is 11.9 Å². The lowest BCUT2D eigenvalue weighted by molar-refractivity contribution is -0.185. The first-order valence-electron chi connectivity index (χ1n) is 4.07. The van der Waals surface area contributed by atoms with E-state index in [4.69, 9.17) is 10.3 Å². The molecule has 0 aromatic heterocycles. The van der Waals surface area contributed by atoms with Crippen LogP contribution in [0.4, 0.5) is 0 Å². The number of hydrogen-bond donors (Lipinski definition) is 2. The maximum absolute atomic E-state index is 10.7. The zero-order valence-corrected chi connectivity index (χ0v) is 8.02. The van der Waals surface area contributed by atoms with Crippen LogP contribution >= 0.6 is 0 Å². The van der Waals surface area contributed by atoms with Gasteiger partial charge >= 0.3 is 5.97 Å². The minimum Gasteiger partial charge on any atom is -0.480 e. The molecule has 1 unspecified atom stereocenters. The smallest absolute Gasteiger partial charge is 0.329 e. The summed E-state index contributed by atoms with van der Waals surface area (Å²) in [5.41, 5.74) is 0. The molecule has 0 heterocycles. The summed E-state index contributed by atoms with van der Waals surface area (Å²) in [6, 6.07) is -1.14. The monoisotopic (exact) mass is 189 g/mol. The van der Waals surface area contributed by atoms with E-state index >= 15 is 0 Å². The third-order valence-corrected chi connectivity index (χ3v) is 1.60.